The molecular formula is C13H10BrClO2S. The third kappa shape index (κ3) is 2.94. The quantitative estimate of drug-likeness (QED) is 0.818. The maximum absolute atomic E-state index is 11.4. The second kappa shape index (κ2) is 5.03. The lowest BCUT2D eigenvalue weighted by Crippen LogP contribution is -1.96. The highest BCUT2D eigenvalue weighted by atomic mass is 79.9. The van der Waals surface area contributed by atoms with E-state index < -0.39 is 9.84 Å². The Kier molecular flexibility index (Phi) is 3.80. The predicted molar refractivity (Wildman–Crippen MR) is 77.7 cm³/mol. The van der Waals surface area contributed by atoms with Crippen molar-refractivity contribution in [3.05, 3.63) is 52.0 Å². The minimum absolute atomic E-state index is 0.305. The Bertz CT molecular complexity index is 679. The van der Waals surface area contributed by atoms with E-state index in [2.05, 4.69) is 15.9 Å². The summed E-state index contributed by atoms with van der Waals surface area (Å²) in [4.78, 5) is 0.305. The Hall–Kier alpha value is -0.840. The third-order valence-corrected chi connectivity index (χ3v) is 4.46. The summed E-state index contributed by atoms with van der Waals surface area (Å²) in [6, 6.07) is 12.3. The number of benzene rings is 2. The van der Waals surface area contributed by atoms with Crippen molar-refractivity contribution in [1.82, 2.24) is 0 Å². The summed E-state index contributed by atoms with van der Waals surface area (Å²) in [6.07, 6.45) is 1.19. The van der Waals surface area contributed by atoms with Crippen LogP contribution < -0.4 is 0 Å². The van der Waals surface area contributed by atoms with Gasteiger partial charge in [-0.15, -0.1) is 0 Å². The summed E-state index contributed by atoms with van der Waals surface area (Å²) in [6.45, 7) is 0. The van der Waals surface area contributed by atoms with Gasteiger partial charge in [-0.05, 0) is 29.8 Å². The molecule has 0 N–H and O–H groups in total. The molecule has 0 aromatic heterocycles. The Balaban J connectivity index is 2.47. The summed E-state index contributed by atoms with van der Waals surface area (Å²) >= 11 is 9.49. The smallest absolute Gasteiger partial charge is 0.175 e. The molecule has 5 heteroatoms. The summed E-state index contributed by atoms with van der Waals surface area (Å²) in [5, 5.41) is 0.622. The molecule has 2 aromatic carbocycles. The summed E-state index contributed by atoms with van der Waals surface area (Å²) in [5.74, 6) is 0. The minimum atomic E-state index is -3.16. The Morgan fingerprint density at radius 2 is 1.67 bits per heavy atom. The fraction of sp³-hybridized carbons (Fsp3) is 0.0769. The standard InChI is InChI=1S/C13H10BrClO2S/c1-18(16,17)11-5-2-9(3-6-11)12-7-4-10(14)8-13(12)15/h2-8H,1H3. The Labute approximate surface area is 120 Å². The van der Waals surface area contributed by atoms with Crippen molar-refractivity contribution in [3.8, 4) is 11.1 Å². The molecule has 18 heavy (non-hydrogen) atoms. The van der Waals surface area contributed by atoms with Crippen molar-refractivity contribution in [1.29, 1.82) is 0 Å². The highest BCUT2D eigenvalue weighted by Gasteiger charge is 2.08. The highest BCUT2D eigenvalue weighted by molar-refractivity contribution is 9.10. The molecular weight excluding hydrogens is 336 g/mol. The molecule has 0 bridgehead atoms. The van der Waals surface area contributed by atoms with Crippen LogP contribution in [-0.4, -0.2) is 14.7 Å². The van der Waals surface area contributed by atoms with Crippen LogP contribution in [0.25, 0.3) is 11.1 Å². The SMILES string of the molecule is CS(=O)(=O)c1ccc(-c2ccc(Br)cc2Cl)cc1. The fourth-order valence-electron chi connectivity index (χ4n) is 1.61. The number of sulfone groups is 1. The van der Waals surface area contributed by atoms with Crippen LogP contribution in [0.3, 0.4) is 0 Å². The van der Waals surface area contributed by atoms with E-state index in [1.54, 1.807) is 30.3 Å². The second-order valence-corrected chi connectivity index (χ2v) is 7.26. The molecule has 0 aliphatic rings. The van der Waals surface area contributed by atoms with Gasteiger partial charge in [-0.2, -0.15) is 0 Å². The lowest BCUT2D eigenvalue weighted by molar-refractivity contribution is 0.602. The Morgan fingerprint density at radius 1 is 1.06 bits per heavy atom. The van der Waals surface area contributed by atoms with Gasteiger partial charge < -0.3 is 0 Å². The van der Waals surface area contributed by atoms with E-state index in [0.717, 1.165) is 15.6 Å². The molecule has 0 radical (unpaired) electrons. The van der Waals surface area contributed by atoms with Crippen LogP contribution in [0.5, 0.6) is 0 Å². The van der Waals surface area contributed by atoms with Crippen molar-refractivity contribution in [2.45, 2.75) is 4.90 Å². The number of hydrogen-bond donors (Lipinski definition) is 0. The molecule has 2 rings (SSSR count). The second-order valence-electron chi connectivity index (χ2n) is 3.92. The van der Waals surface area contributed by atoms with Gasteiger partial charge in [-0.25, -0.2) is 8.42 Å². The van der Waals surface area contributed by atoms with E-state index in [1.165, 1.54) is 6.26 Å². The summed E-state index contributed by atoms with van der Waals surface area (Å²) in [5.41, 5.74) is 1.76. The number of halogens is 2. The van der Waals surface area contributed by atoms with E-state index >= 15 is 0 Å². The molecule has 0 unspecified atom stereocenters. The average molecular weight is 346 g/mol. The lowest BCUT2D eigenvalue weighted by atomic mass is 10.1. The van der Waals surface area contributed by atoms with Crippen molar-refractivity contribution < 1.29 is 8.42 Å². The molecule has 0 heterocycles. The van der Waals surface area contributed by atoms with Crippen molar-refractivity contribution in [2.24, 2.45) is 0 Å². The monoisotopic (exact) mass is 344 g/mol. The molecule has 0 spiro atoms. The zero-order valence-corrected chi connectivity index (χ0v) is 12.7. The van der Waals surface area contributed by atoms with Gasteiger partial charge in [-0.3, -0.25) is 0 Å². The molecule has 94 valence electrons. The molecule has 0 fully saturated rings. The molecule has 0 atom stereocenters. The Morgan fingerprint density at radius 3 is 2.17 bits per heavy atom. The zero-order chi connectivity index (χ0) is 13.3. The molecule has 2 aromatic rings. The van der Waals surface area contributed by atoms with Gasteiger partial charge in [0, 0.05) is 21.3 Å². The summed E-state index contributed by atoms with van der Waals surface area (Å²) < 4.78 is 23.6. The van der Waals surface area contributed by atoms with Gasteiger partial charge in [0.15, 0.2) is 9.84 Å². The predicted octanol–water partition coefficient (Wildman–Crippen LogP) is 4.17. The first-order valence-electron chi connectivity index (χ1n) is 5.13. The molecule has 0 amide bonds. The molecule has 2 nitrogen and oxygen atoms in total. The van der Waals surface area contributed by atoms with E-state index in [-0.39, 0.29) is 0 Å². The molecule has 0 saturated heterocycles. The molecule has 0 aliphatic carbocycles. The largest absolute Gasteiger partial charge is 0.224 e. The average Bonchev–Trinajstić information content (AvgIpc) is 2.28. The van der Waals surface area contributed by atoms with Crippen LogP contribution in [0.4, 0.5) is 0 Å². The lowest BCUT2D eigenvalue weighted by Gasteiger charge is -2.06. The van der Waals surface area contributed by atoms with Crippen molar-refractivity contribution >= 4 is 37.4 Å². The van der Waals surface area contributed by atoms with Crippen LogP contribution in [0.1, 0.15) is 0 Å². The fourth-order valence-corrected chi connectivity index (χ4v) is 3.02. The normalized spacial score (nSPS) is 11.5. The first kappa shape index (κ1) is 13.6. The van der Waals surface area contributed by atoms with Crippen molar-refractivity contribution in [2.75, 3.05) is 6.26 Å². The van der Waals surface area contributed by atoms with Gasteiger partial charge in [-0.1, -0.05) is 45.7 Å². The van der Waals surface area contributed by atoms with E-state index in [1.807, 2.05) is 12.1 Å². The van der Waals surface area contributed by atoms with Crippen LogP contribution in [0.15, 0.2) is 51.8 Å². The van der Waals surface area contributed by atoms with Gasteiger partial charge in [0.2, 0.25) is 0 Å². The van der Waals surface area contributed by atoms with Gasteiger partial charge in [0.25, 0.3) is 0 Å². The van der Waals surface area contributed by atoms with Crippen molar-refractivity contribution in [3.63, 3.8) is 0 Å². The number of rotatable bonds is 2. The van der Waals surface area contributed by atoms with E-state index in [9.17, 15) is 8.42 Å². The van der Waals surface area contributed by atoms with Crippen LogP contribution >= 0.6 is 27.5 Å². The van der Waals surface area contributed by atoms with E-state index in [4.69, 9.17) is 11.6 Å². The number of hydrogen-bond acceptors (Lipinski definition) is 2. The van der Waals surface area contributed by atoms with Gasteiger partial charge >= 0.3 is 0 Å². The van der Waals surface area contributed by atoms with Gasteiger partial charge in [0.05, 0.1) is 4.90 Å². The highest BCUT2D eigenvalue weighted by Crippen LogP contribution is 2.30. The summed E-state index contributed by atoms with van der Waals surface area (Å²) in [7, 11) is -3.16. The van der Waals surface area contributed by atoms with Crippen LogP contribution in [0.2, 0.25) is 5.02 Å². The van der Waals surface area contributed by atoms with E-state index in [0.29, 0.717) is 9.92 Å². The zero-order valence-electron chi connectivity index (χ0n) is 9.52. The van der Waals surface area contributed by atoms with Crippen LogP contribution in [-0.2, 0) is 9.84 Å². The minimum Gasteiger partial charge on any atom is -0.224 e. The third-order valence-electron chi connectivity index (χ3n) is 2.52. The first-order valence-corrected chi connectivity index (χ1v) is 8.20. The first-order chi connectivity index (χ1) is 8.38. The molecule has 0 aliphatic heterocycles. The van der Waals surface area contributed by atoms with Crippen LogP contribution in [0, 0.1) is 0 Å². The van der Waals surface area contributed by atoms with Gasteiger partial charge in [0.1, 0.15) is 0 Å². The molecule has 0 saturated carbocycles. The maximum Gasteiger partial charge on any atom is 0.175 e. The topological polar surface area (TPSA) is 34.1 Å². The maximum atomic E-state index is 11.4.